The third kappa shape index (κ3) is 2.42. The van der Waals surface area contributed by atoms with E-state index < -0.39 is 0 Å². The van der Waals surface area contributed by atoms with Crippen LogP contribution < -0.4 is 5.32 Å². The Kier molecular flexibility index (Phi) is 4.13. The quantitative estimate of drug-likeness (QED) is 0.759. The van der Waals surface area contributed by atoms with E-state index in [-0.39, 0.29) is 0 Å². The van der Waals surface area contributed by atoms with Crippen LogP contribution in [0.2, 0.25) is 0 Å². The van der Waals surface area contributed by atoms with Gasteiger partial charge in [-0.05, 0) is 48.3 Å². The van der Waals surface area contributed by atoms with Gasteiger partial charge in [0.2, 0.25) is 0 Å². The third-order valence-electron chi connectivity index (χ3n) is 6.77. The normalized spacial score (nSPS) is 42.5. The molecule has 3 rings (SSSR count). The van der Waals surface area contributed by atoms with Crippen LogP contribution in [0.1, 0.15) is 46.5 Å². The Balaban J connectivity index is 1.37. The van der Waals surface area contributed by atoms with E-state index in [0.29, 0.717) is 22.9 Å². The van der Waals surface area contributed by atoms with Crippen molar-refractivity contribution in [1.82, 2.24) is 5.32 Å². The molecule has 2 saturated carbocycles. The first-order valence-electron chi connectivity index (χ1n) is 8.44. The Morgan fingerprint density at radius 2 is 2.10 bits per heavy atom. The first kappa shape index (κ1) is 14.8. The van der Waals surface area contributed by atoms with Gasteiger partial charge >= 0.3 is 0 Å². The van der Waals surface area contributed by atoms with Crippen LogP contribution in [-0.2, 0) is 9.47 Å². The zero-order chi connectivity index (χ0) is 14.2. The molecule has 0 aromatic heterocycles. The minimum Gasteiger partial charge on any atom is -0.381 e. The van der Waals surface area contributed by atoms with Crippen molar-refractivity contribution in [1.29, 1.82) is 0 Å². The molecular weight excluding hydrogens is 250 g/mol. The van der Waals surface area contributed by atoms with Crippen molar-refractivity contribution in [2.45, 2.75) is 52.6 Å². The molecule has 0 radical (unpaired) electrons. The molecule has 4 unspecified atom stereocenters. The van der Waals surface area contributed by atoms with E-state index in [1.54, 1.807) is 0 Å². The molecule has 1 N–H and O–H groups in total. The Labute approximate surface area is 123 Å². The summed E-state index contributed by atoms with van der Waals surface area (Å²) in [6.45, 7) is 12.2. The lowest BCUT2D eigenvalue weighted by atomic mass is 9.70. The minimum atomic E-state index is 0.400. The summed E-state index contributed by atoms with van der Waals surface area (Å²) in [7, 11) is 0. The van der Waals surface area contributed by atoms with Crippen LogP contribution in [0.15, 0.2) is 0 Å². The van der Waals surface area contributed by atoms with Gasteiger partial charge in [0, 0.05) is 19.7 Å². The van der Waals surface area contributed by atoms with Crippen molar-refractivity contribution in [2.24, 2.45) is 22.7 Å². The van der Waals surface area contributed by atoms with E-state index in [2.05, 4.69) is 26.1 Å². The van der Waals surface area contributed by atoms with Crippen LogP contribution in [0.5, 0.6) is 0 Å². The molecule has 2 aliphatic carbocycles. The molecule has 1 saturated heterocycles. The van der Waals surface area contributed by atoms with Gasteiger partial charge < -0.3 is 14.8 Å². The van der Waals surface area contributed by atoms with Crippen LogP contribution in [0.3, 0.4) is 0 Å². The summed E-state index contributed by atoms with van der Waals surface area (Å²) in [4.78, 5) is 0. The molecule has 1 aliphatic heterocycles. The van der Waals surface area contributed by atoms with Crippen molar-refractivity contribution >= 4 is 0 Å². The third-order valence-corrected chi connectivity index (χ3v) is 6.77. The van der Waals surface area contributed by atoms with Gasteiger partial charge in [0.25, 0.3) is 0 Å². The lowest BCUT2D eigenvalue weighted by Crippen LogP contribution is -2.38. The number of nitrogens with one attached hydrogen (secondary N) is 1. The lowest BCUT2D eigenvalue weighted by molar-refractivity contribution is -0.0450. The van der Waals surface area contributed by atoms with Gasteiger partial charge in [-0.1, -0.05) is 20.8 Å². The van der Waals surface area contributed by atoms with Crippen molar-refractivity contribution in [3.63, 3.8) is 0 Å². The van der Waals surface area contributed by atoms with E-state index in [1.165, 1.54) is 25.7 Å². The van der Waals surface area contributed by atoms with E-state index in [0.717, 1.165) is 38.8 Å². The van der Waals surface area contributed by atoms with E-state index >= 15 is 0 Å². The maximum absolute atomic E-state index is 6.25. The van der Waals surface area contributed by atoms with Gasteiger partial charge in [-0.3, -0.25) is 0 Å². The highest BCUT2D eigenvalue weighted by atomic mass is 16.5. The Morgan fingerprint density at radius 1 is 1.25 bits per heavy atom. The number of rotatable bonds is 6. The van der Waals surface area contributed by atoms with Crippen LogP contribution in [0.25, 0.3) is 0 Å². The van der Waals surface area contributed by atoms with Crippen LogP contribution in [0.4, 0.5) is 0 Å². The number of fused-ring (bicyclic) bond motifs is 2. The van der Waals surface area contributed by atoms with Crippen LogP contribution >= 0.6 is 0 Å². The molecule has 3 nitrogen and oxygen atoms in total. The van der Waals surface area contributed by atoms with Gasteiger partial charge in [-0.15, -0.1) is 0 Å². The highest BCUT2D eigenvalue weighted by Crippen LogP contribution is 2.66. The maximum atomic E-state index is 6.25. The summed E-state index contributed by atoms with van der Waals surface area (Å²) in [5.41, 5.74) is 0.864. The first-order chi connectivity index (χ1) is 9.54. The molecule has 3 fully saturated rings. The van der Waals surface area contributed by atoms with Crippen LogP contribution in [-0.4, -0.2) is 39.0 Å². The Hall–Kier alpha value is -0.120. The monoisotopic (exact) mass is 281 g/mol. The van der Waals surface area contributed by atoms with Gasteiger partial charge in [0.05, 0.1) is 19.3 Å². The largest absolute Gasteiger partial charge is 0.381 e. The Morgan fingerprint density at radius 3 is 2.70 bits per heavy atom. The van der Waals surface area contributed by atoms with Crippen LogP contribution in [0, 0.1) is 22.7 Å². The number of ether oxygens (including phenoxy) is 2. The average Bonchev–Trinajstić information content (AvgIpc) is 3.04. The molecule has 0 aromatic carbocycles. The molecule has 116 valence electrons. The van der Waals surface area contributed by atoms with E-state index in [1.807, 2.05) is 0 Å². The molecule has 4 atom stereocenters. The smallest absolute Gasteiger partial charge is 0.0637 e. The van der Waals surface area contributed by atoms with E-state index in [9.17, 15) is 0 Å². The predicted molar refractivity (Wildman–Crippen MR) is 80.8 cm³/mol. The van der Waals surface area contributed by atoms with Gasteiger partial charge in [-0.2, -0.15) is 0 Å². The van der Waals surface area contributed by atoms with Crippen molar-refractivity contribution in [2.75, 3.05) is 32.9 Å². The Bertz CT molecular complexity index is 338. The summed E-state index contributed by atoms with van der Waals surface area (Å²) >= 11 is 0. The summed E-state index contributed by atoms with van der Waals surface area (Å²) in [5.74, 6) is 1.59. The molecule has 3 heteroatoms. The fraction of sp³-hybridized carbons (Fsp3) is 1.00. The second kappa shape index (κ2) is 5.58. The molecule has 2 bridgehead atoms. The SMILES string of the molecule is CC1(C)C2CCC1(C)C(OCCNCC1CCOC1)C2. The summed E-state index contributed by atoms with van der Waals surface area (Å²) < 4.78 is 11.6. The second-order valence-corrected chi connectivity index (χ2v) is 7.90. The molecule has 0 spiro atoms. The first-order valence-corrected chi connectivity index (χ1v) is 8.44. The number of hydrogen-bond acceptors (Lipinski definition) is 3. The molecule has 20 heavy (non-hydrogen) atoms. The number of hydrogen-bond donors (Lipinski definition) is 1. The summed E-state index contributed by atoms with van der Waals surface area (Å²) in [6, 6.07) is 0. The molecule has 0 aromatic rings. The molecule has 1 heterocycles. The zero-order valence-corrected chi connectivity index (χ0v) is 13.4. The standard InChI is InChI=1S/C17H31NO2/c1-16(2)14-4-6-17(16,3)15(10-14)20-9-7-18-11-13-5-8-19-12-13/h13-15,18H,4-12H2,1-3H3. The van der Waals surface area contributed by atoms with Gasteiger partial charge in [0.15, 0.2) is 0 Å². The topological polar surface area (TPSA) is 30.5 Å². The molecule has 3 aliphatic rings. The fourth-order valence-corrected chi connectivity index (χ4v) is 4.71. The van der Waals surface area contributed by atoms with Crippen molar-refractivity contribution in [3.8, 4) is 0 Å². The van der Waals surface area contributed by atoms with Crippen molar-refractivity contribution < 1.29 is 9.47 Å². The molecule has 0 amide bonds. The maximum Gasteiger partial charge on any atom is 0.0637 e. The summed E-state index contributed by atoms with van der Waals surface area (Å²) in [5, 5.41) is 3.52. The lowest BCUT2D eigenvalue weighted by Gasteiger charge is -2.39. The average molecular weight is 281 g/mol. The minimum absolute atomic E-state index is 0.400. The highest BCUT2D eigenvalue weighted by molar-refractivity contribution is 5.11. The predicted octanol–water partition coefficient (Wildman–Crippen LogP) is 2.84. The zero-order valence-electron chi connectivity index (χ0n) is 13.4. The van der Waals surface area contributed by atoms with Gasteiger partial charge in [0.1, 0.15) is 0 Å². The highest BCUT2D eigenvalue weighted by Gasteiger charge is 2.61. The molecular formula is C17H31NO2. The summed E-state index contributed by atoms with van der Waals surface area (Å²) in [6.07, 6.45) is 5.73. The fourth-order valence-electron chi connectivity index (χ4n) is 4.71. The second-order valence-electron chi connectivity index (χ2n) is 7.90. The van der Waals surface area contributed by atoms with Gasteiger partial charge in [-0.25, -0.2) is 0 Å². The van der Waals surface area contributed by atoms with E-state index in [4.69, 9.17) is 9.47 Å². The van der Waals surface area contributed by atoms with Crippen molar-refractivity contribution in [3.05, 3.63) is 0 Å².